The predicted molar refractivity (Wildman–Crippen MR) is 65.6 cm³/mol. The molecule has 0 amide bonds. The van der Waals surface area contributed by atoms with Crippen LogP contribution in [0.3, 0.4) is 0 Å². The minimum absolute atomic E-state index is 0.0517. The third-order valence-corrected chi connectivity index (χ3v) is 2.42. The van der Waals surface area contributed by atoms with Crippen molar-refractivity contribution in [3.8, 4) is 5.75 Å². The zero-order valence-electron chi connectivity index (χ0n) is 9.66. The number of anilines is 1. The van der Waals surface area contributed by atoms with Gasteiger partial charge in [-0.3, -0.25) is 4.79 Å². The number of nitrogen functional groups attached to an aromatic ring is 1. The molecule has 0 unspecified atom stereocenters. The summed E-state index contributed by atoms with van der Waals surface area (Å²) in [5, 5.41) is 0. The Hall–Kier alpha value is -2.63. The van der Waals surface area contributed by atoms with Gasteiger partial charge in [-0.1, -0.05) is 0 Å². The number of carbonyl (C=O) groups excluding carboxylic acids is 1. The van der Waals surface area contributed by atoms with Gasteiger partial charge >= 0.3 is 5.69 Å². The summed E-state index contributed by atoms with van der Waals surface area (Å²) in [7, 11) is 1.53. The molecule has 0 fully saturated rings. The molecule has 0 radical (unpaired) electrons. The highest BCUT2D eigenvalue weighted by atomic mass is 16.5. The Morgan fingerprint density at radius 1 is 1.28 bits per heavy atom. The lowest BCUT2D eigenvalue weighted by atomic mass is 10.2. The van der Waals surface area contributed by atoms with Gasteiger partial charge in [0.2, 0.25) is 0 Å². The molecular weight excluding hydrogens is 234 g/mol. The number of ether oxygens (including phenoxy) is 1. The summed E-state index contributed by atoms with van der Waals surface area (Å²) in [5.74, 6) is 0.155. The fourth-order valence-electron chi connectivity index (χ4n) is 1.49. The lowest BCUT2D eigenvalue weighted by molar-refractivity contribution is 0.0957. The second kappa shape index (κ2) is 4.70. The number of rotatable bonds is 2. The number of aromatic nitrogens is 2. The standard InChI is InChI=1S/C12H11N3O3/c1-18-9-4-2-8(3-5-9)11(16)15-10(13)6-7-14-12(15)17/h2-7H,13H2,1H3. The Morgan fingerprint density at radius 3 is 2.50 bits per heavy atom. The minimum atomic E-state index is -0.698. The van der Waals surface area contributed by atoms with Gasteiger partial charge in [-0.05, 0) is 30.3 Å². The molecule has 0 saturated heterocycles. The maximum atomic E-state index is 12.1. The Morgan fingerprint density at radius 2 is 1.94 bits per heavy atom. The highest BCUT2D eigenvalue weighted by molar-refractivity contribution is 5.97. The third kappa shape index (κ3) is 2.08. The van der Waals surface area contributed by atoms with E-state index in [0.717, 1.165) is 4.57 Å². The zero-order chi connectivity index (χ0) is 13.1. The van der Waals surface area contributed by atoms with Crippen molar-refractivity contribution < 1.29 is 9.53 Å². The largest absolute Gasteiger partial charge is 0.497 e. The molecule has 92 valence electrons. The van der Waals surface area contributed by atoms with Gasteiger partial charge in [0, 0.05) is 11.8 Å². The minimum Gasteiger partial charge on any atom is -0.497 e. The van der Waals surface area contributed by atoms with E-state index in [1.807, 2.05) is 0 Å². The average Bonchev–Trinajstić information content (AvgIpc) is 2.38. The van der Waals surface area contributed by atoms with Crippen LogP contribution in [0.2, 0.25) is 0 Å². The zero-order valence-corrected chi connectivity index (χ0v) is 9.66. The number of methoxy groups -OCH3 is 1. The van der Waals surface area contributed by atoms with Gasteiger partial charge in [-0.15, -0.1) is 0 Å². The first-order valence-electron chi connectivity index (χ1n) is 5.16. The summed E-state index contributed by atoms with van der Waals surface area (Å²) < 4.78 is 5.81. The molecule has 0 aliphatic carbocycles. The van der Waals surface area contributed by atoms with Crippen LogP contribution < -0.4 is 16.2 Å². The van der Waals surface area contributed by atoms with E-state index >= 15 is 0 Å². The van der Waals surface area contributed by atoms with Gasteiger partial charge in [-0.2, -0.15) is 0 Å². The van der Waals surface area contributed by atoms with Crippen LogP contribution in [0.1, 0.15) is 10.4 Å². The van der Waals surface area contributed by atoms with Gasteiger partial charge in [0.15, 0.2) is 0 Å². The van der Waals surface area contributed by atoms with Crippen LogP contribution in [0.5, 0.6) is 5.75 Å². The van der Waals surface area contributed by atoms with Crippen LogP contribution in [-0.4, -0.2) is 22.6 Å². The van der Waals surface area contributed by atoms with Crippen molar-refractivity contribution in [2.24, 2.45) is 0 Å². The molecule has 0 spiro atoms. The van der Waals surface area contributed by atoms with Gasteiger partial charge in [0.25, 0.3) is 5.91 Å². The normalized spacial score (nSPS) is 10.1. The predicted octanol–water partition coefficient (Wildman–Crippen LogP) is 0.523. The Bertz CT molecular complexity index is 632. The molecular formula is C12H11N3O3. The third-order valence-electron chi connectivity index (χ3n) is 2.42. The summed E-state index contributed by atoms with van der Waals surface area (Å²) in [6, 6.07) is 7.76. The lowest BCUT2D eigenvalue weighted by Gasteiger charge is -2.07. The smallest absolute Gasteiger partial charge is 0.356 e. The monoisotopic (exact) mass is 245 g/mol. The molecule has 2 aromatic rings. The summed E-state index contributed by atoms with van der Waals surface area (Å²) in [6.07, 6.45) is 1.26. The molecule has 1 aromatic heterocycles. The second-order valence-electron chi connectivity index (χ2n) is 3.52. The van der Waals surface area contributed by atoms with E-state index < -0.39 is 11.6 Å². The molecule has 1 aromatic carbocycles. The van der Waals surface area contributed by atoms with Gasteiger partial charge < -0.3 is 10.5 Å². The molecule has 6 nitrogen and oxygen atoms in total. The van der Waals surface area contributed by atoms with Crippen molar-refractivity contribution in [2.75, 3.05) is 12.8 Å². The lowest BCUT2D eigenvalue weighted by Crippen LogP contribution is -2.30. The van der Waals surface area contributed by atoms with Crippen LogP contribution in [0, 0.1) is 0 Å². The van der Waals surface area contributed by atoms with Crippen molar-refractivity contribution in [2.45, 2.75) is 0 Å². The van der Waals surface area contributed by atoms with E-state index in [9.17, 15) is 9.59 Å². The summed E-state index contributed by atoms with van der Waals surface area (Å²) in [5.41, 5.74) is 5.23. The fourth-order valence-corrected chi connectivity index (χ4v) is 1.49. The number of nitrogens with two attached hydrogens (primary N) is 1. The number of hydrogen-bond donors (Lipinski definition) is 1. The van der Waals surface area contributed by atoms with Crippen LogP contribution >= 0.6 is 0 Å². The van der Waals surface area contributed by atoms with Crippen LogP contribution in [0.4, 0.5) is 5.82 Å². The molecule has 0 atom stereocenters. The Labute approximate surface area is 103 Å². The number of nitrogens with zero attached hydrogens (tertiary/aromatic N) is 2. The molecule has 0 aliphatic rings. The first kappa shape index (κ1) is 11.8. The number of benzene rings is 1. The van der Waals surface area contributed by atoms with Crippen LogP contribution in [0.25, 0.3) is 0 Å². The summed E-state index contributed by atoms with van der Waals surface area (Å²) >= 11 is 0. The molecule has 2 N–H and O–H groups in total. The van der Waals surface area contributed by atoms with E-state index in [2.05, 4.69) is 4.98 Å². The van der Waals surface area contributed by atoms with Gasteiger partial charge in [-0.25, -0.2) is 14.3 Å². The van der Waals surface area contributed by atoms with E-state index in [1.54, 1.807) is 24.3 Å². The molecule has 2 rings (SSSR count). The van der Waals surface area contributed by atoms with E-state index in [0.29, 0.717) is 11.3 Å². The molecule has 0 aliphatic heterocycles. The van der Waals surface area contributed by atoms with E-state index in [1.165, 1.54) is 19.4 Å². The molecule has 6 heteroatoms. The second-order valence-corrected chi connectivity index (χ2v) is 3.52. The van der Waals surface area contributed by atoms with Crippen molar-refractivity contribution in [1.29, 1.82) is 0 Å². The van der Waals surface area contributed by atoms with Gasteiger partial charge in [0.05, 0.1) is 7.11 Å². The summed E-state index contributed by atoms with van der Waals surface area (Å²) in [6.45, 7) is 0. The number of hydrogen-bond acceptors (Lipinski definition) is 5. The SMILES string of the molecule is COc1ccc(C(=O)n2c(N)ccnc2=O)cc1. The maximum absolute atomic E-state index is 12.1. The molecule has 0 saturated carbocycles. The molecule has 18 heavy (non-hydrogen) atoms. The Kier molecular flexibility index (Phi) is 3.09. The maximum Gasteiger partial charge on any atom is 0.356 e. The van der Waals surface area contributed by atoms with E-state index in [4.69, 9.17) is 10.5 Å². The van der Waals surface area contributed by atoms with Crippen LogP contribution in [0.15, 0.2) is 41.3 Å². The van der Waals surface area contributed by atoms with Crippen molar-refractivity contribution in [1.82, 2.24) is 9.55 Å². The first-order chi connectivity index (χ1) is 8.63. The van der Waals surface area contributed by atoms with Crippen molar-refractivity contribution in [3.63, 3.8) is 0 Å². The van der Waals surface area contributed by atoms with Crippen molar-refractivity contribution >= 4 is 11.7 Å². The quantitative estimate of drug-likeness (QED) is 0.833. The fraction of sp³-hybridized carbons (Fsp3) is 0.0833. The first-order valence-corrected chi connectivity index (χ1v) is 5.16. The Balaban J connectivity index is 2.45. The van der Waals surface area contributed by atoms with Crippen molar-refractivity contribution in [3.05, 3.63) is 52.6 Å². The number of carbonyl (C=O) groups is 1. The van der Waals surface area contributed by atoms with Crippen LogP contribution in [-0.2, 0) is 0 Å². The van der Waals surface area contributed by atoms with E-state index in [-0.39, 0.29) is 5.82 Å². The highest BCUT2D eigenvalue weighted by Gasteiger charge is 2.13. The summed E-state index contributed by atoms with van der Waals surface area (Å²) in [4.78, 5) is 27.1. The molecule has 0 bridgehead atoms. The van der Waals surface area contributed by atoms with Gasteiger partial charge in [0.1, 0.15) is 11.6 Å². The topological polar surface area (TPSA) is 87.2 Å². The molecule has 1 heterocycles. The average molecular weight is 245 g/mol. The highest BCUT2D eigenvalue weighted by Crippen LogP contribution is 2.12.